The third kappa shape index (κ3) is 2.01. The minimum atomic E-state index is -0.332. The summed E-state index contributed by atoms with van der Waals surface area (Å²) < 4.78 is 20.7. The van der Waals surface area contributed by atoms with Crippen LogP contribution in [0.2, 0.25) is 0 Å². The van der Waals surface area contributed by atoms with Crippen LogP contribution in [0.1, 0.15) is 36.7 Å². The van der Waals surface area contributed by atoms with Crippen molar-refractivity contribution in [3.05, 3.63) is 35.4 Å². The Morgan fingerprint density at radius 3 is 2.95 bits per heavy atom. The number of benzene rings is 1. The lowest BCUT2D eigenvalue weighted by atomic mass is 9.86. The number of hydrogen-bond acceptors (Lipinski definition) is 4. The standard InChI is InChI=1S/C14H17FN4O/c1-8-10(4-6-13-17-14(16)18-19(8)13)9-3-5-12(20-2)11(15)7-9/h3,5,7-8,10H,4,6H2,1-2H3,(H2,16,18). The van der Waals surface area contributed by atoms with Gasteiger partial charge >= 0.3 is 0 Å². The summed E-state index contributed by atoms with van der Waals surface area (Å²) in [5.74, 6) is 1.33. The number of anilines is 1. The van der Waals surface area contributed by atoms with E-state index in [1.165, 1.54) is 7.11 Å². The molecule has 0 amide bonds. The molecule has 106 valence electrons. The van der Waals surface area contributed by atoms with E-state index in [-0.39, 0.29) is 23.5 Å². The smallest absolute Gasteiger partial charge is 0.239 e. The van der Waals surface area contributed by atoms with Crippen molar-refractivity contribution in [3.8, 4) is 5.75 Å². The van der Waals surface area contributed by atoms with Gasteiger partial charge in [-0.05, 0) is 31.0 Å². The first kappa shape index (κ1) is 12.9. The van der Waals surface area contributed by atoms with Crippen LogP contribution in [-0.2, 0) is 6.42 Å². The van der Waals surface area contributed by atoms with Gasteiger partial charge in [-0.3, -0.25) is 0 Å². The summed E-state index contributed by atoms with van der Waals surface area (Å²) in [4.78, 5) is 4.21. The van der Waals surface area contributed by atoms with Crippen LogP contribution in [0.5, 0.6) is 5.75 Å². The second kappa shape index (κ2) is 4.77. The van der Waals surface area contributed by atoms with Crippen molar-refractivity contribution in [2.75, 3.05) is 12.8 Å². The SMILES string of the molecule is COc1ccc(C2CCc3nc(N)nn3C2C)cc1F. The summed E-state index contributed by atoms with van der Waals surface area (Å²) in [5, 5.41) is 4.23. The third-order valence-corrected chi connectivity index (χ3v) is 3.97. The van der Waals surface area contributed by atoms with E-state index in [9.17, 15) is 4.39 Å². The number of aromatic nitrogens is 3. The summed E-state index contributed by atoms with van der Waals surface area (Å²) in [6.07, 6.45) is 1.71. The average Bonchev–Trinajstić information content (AvgIpc) is 2.81. The van der Waals surface area contributed by atoms with Crippen molar-refractivity contribution in [1.82, 2.24) is 14.8 Å². The van der Waals surface area contributed by atoms with Crippen LogP contribution in [0.15, 0.2) is 18.2 Å². The van der Waals surface area contributed by atoms with E-state index in [0.29, 0.717) is 5.95 Å². The molecule has 1 aromatic carbocycles. The Bertz CT molecular complexity index is 640. The van der Waals surface area contributed by atoms with Crippen LogP contribution in [0.25, 0.3) is 0 Å². The van der Waals surface area contributed by atoms with E-state index >= 15 is 0 Å². The van der Waals surface area contributed by atoms with Crippen molar-refractivity contribution >= 4 is 5.95 Å². The minimum Gasteiger partial charge on any atom is -0.494 e. The molecule has 1 aliphatic heterocycles. The summed E-state index contributed by atoms with van der Waals surface area (Å²) in [6, 6.07) is 5.23. The lowest BCUT2D eigenvalue weighted by molar-refractivity contribution is 0.336. The lowest BCUT2D eigenvalue weighted by Crippen LogP contribution is -2.24. The number of rotatable bonds is 2. The molecular weight excluding hydrogens is 259 g/mol. The highest BCUT2D eigenvalue weighted by Crippen LogP contribution is 2.38. The first-order chi connectivity index (χ1) is 9.60. The molecule has 0 saturated heterocycles. The van der Waals surface area contributed by atoms with Crippen molar-refractivity contribution < 1.29 is 9.13 Å². The Kier molecular flexibility index (Phi) is 3.08. The predicted octanol–water partition coefficient (Wildman–Crippen LogP) is 2.30. The Morgan fingerprint density at radius 1 is 1.45 bits per heavy atom. The highest BCUT2D eigenvalue weighted by atomic mass is 19.1. The second-order valence-electron chi connectivity index (χ2n) is 5.11. The van der Waals surface area contributed by atoms with Gasteiger partial charge in [-0.1, -0.05) is 6.07 Å². The molecule has 2 atom stereocenters. The van der Waals surface area contributed by atoms with Gasteiger partial charge < -0.3 is 10.5 Å². The van der Waals surface area contributed by atoms with Gasteiger partial charge in [0, 0.05) is 12.3 Å². The first-order valence-corrected chi connectivity index (χ1v) is 6.64. The number of halogens is 1. The fraction of sp³-hybridized carbons (Fsp3) is 0.429. The normalized spacial score (nSPS) is 21.6. The molecule has 0 bridgehead atoms. The molecule has 2 aromatic rings. The molecule has 0 saturated carbocycles. The zero-order valence-corrected chi connectivity index (χ0v) is 11.5. The summed E-state index contributed by atoms with van der Waals surface area (Å²) in [6.45, 7) is 2.06. The molecule has 0 spiro atoms. The number of ether oxygens (including phenoxy) is 1. The van der Waals surface area contributed by atoms with Gasteiger partial charge in [0.15, 0.2) is 11.6 Å². The average molecular weight is 276 g/mol. The largest absolute Gasteiger partial charge is 0.494 e. The maximum Gasteiger partial charge on any atom is 0.239 e. The van der Waals surface area contributed by atoms with Crippen LogP contribution < -0.4 is 10.5 Å². The first-order valence-electron chi connectivity index (χ1n) is 6.64. The number of nitrogens with two attached hydrogens (primary N) is 1. The monoisotopic (exact) mass is 276 g/mol. The fourth-order valence-corrected chi connectivity index (χ4v) is 2.93. The summed E-state index contributed by atoms with van der Waals surface area (Å²) >= 11 is 0. The van der Waals surface area contributed by atoms with Gasteiger partial charge in [0.05, 0.1) is 13.2 Å². The van der Waals surface area contributed by atoms with Gasteiger partial charge in [-0.15, -0.1) is 5.10 Å². The van der Waals surface area contributed by atoms with Crippen molar-refractivity contribution in [2.24, 2.45) is 0 Å². The van der Waals surface area contributed by atoms with Crippen LogP contribution in [0, 0.1) is 5.82 Å². The molecule has 20 heavy (non-hydrogen) atoms. The minimum absolute atomic E-state index is 0.108. The topological polar surface area (TPSA) is 66.0 Å². The summed E-state index contributed by atoms with van der Waals surface area (Å²) in [7, 11) is 1.46. The number of fused-ring (bicyclic) bond motifs is 1. The summed E-state index contributed by atoms with van der Waals surface area (Å²) in [5.41, 5.74) is 6.60. The molecule has 6 heteroatoms. The number of aryl methyl sites for hydroxylation is 1. The molecule has 1 aliphatic rings. The molecule has 5 nitrogen and oxygen atoms in total. The molecule has 2 N–H and O–H groups in total. The highest BCUT2D eigenvalue weighted by Gasteiger charge is 2.29. The van der Waals surface area contributed by atoms with E-state index in [1.54, 1.807) is 12.1 Å². The Balaban J connectivity index is 1.94. The van der Waals surface area contributed by atoms with Gasteiger partial charge in [0.25, 0.3) is 0 Å². The van der Waals surface area contributed by atoms with E-state index in [1.807, 2.05) is 10.7 Å². The Hall–Kier alpha value is -2.11. The molecule has 2 unspecified atom stereocenters. The quantitative estimate of drug-likeness (QED) is 0.914. The number of nitrogens with zero attached hydrogens (tertiary/aromatic N) is 3. The van der Waals surface area contributed by atoms with Gasteiger partial charge in [0.1, 0.15) is 5.82 Å². The number of nitrogen functional groups attached to an aromatic ring is 1. The highest BCUT2D eigenvalue weighted by molar-refractivity contribution is 5.32. The van der Waals surface area contributed by atoms with Crippen LogP contribution >= 0.6 is 0 Å². The maximum absolute atomic E-state index is 13.9. The lowest BCUT2D eigenvalue weighted by Gasteiger charge is -2.29. The molecular formula is C14H17FN4O. The molecule has 2 heterocycles. The number of methoxy groups -OCH3 is 1. The molecule has 0 radical (unpaired) electrons. The second-order valence-corrected chi connectivity index (χ2v) is 5.11. The third-order valence-electron chi connectivity index (χ3n) is 3.97. The van der Waals surface area contributed by atoms with Gasteiger partial charge in [0.2, 0.25) is 5.95 Å². The Morgan fingerprint density at radius 2 is 2.25 bits per heavy atom. The van der Waals surface area contributed by atoms with E-state index in [4.69, 9.17) is 10.5 Å². The van der Waals surface area contributed by atoms with Crippen molar-refractivity contribution in [2.45, 2.75) is 31.7 Å². The molecule has 0 fully saturated rings. The predicted molar refractivity (Wildman–Crippen MR) is 73.2 cm³/mol. The van der Waals surface area contributed by atoms with Crippen LogP contribution in [0.4, 0.5) is 10.3 Å². The molecule has 0 aliphatic carbocycles. The van der Waals surface area contributed by atoms with Crippen LogP contribution in [-0.4, -0.2) is 21.9 Å². The zero-order chi connectivity index (χ0) is 14.3. The van der Waals surface area contributed by atoms with Gasteiger partial charge in [-0.2, -0.15) is 4.98 Å². The fourth-order valence-electron chi connectivity index (χ4n) is 2.93. The molecule has 1 aromatic heterocycles. The Labute approximate surface area is 116 Å². The zero-order valence-electron chi connectivity index (χ0n) is 11.5. The van der Waals surface area contributed by atoms with Gasteiger partial charge in [-0.25, -0.2) is 9.07 Å². The number of hydrogen-bond donors (Lipinski definition) is 1. The van der Waals surface area contributed by atoms with E-state index in [2.05, 4.69) is 17.0 Å². The van der Waals surface area contributed by atoms with Crippen molar-refractivity contribution in [3.63, 3.8) is 0 Å². The van der Waals surface area contributed by atoms with Crippen molar-refractivity contribution in [1.29, 1.82) is 0 Å². The maximum atomic E-state index is 13.9. The molecule has 3 rings (SSSR count). The van der Waals surface area contributed by atoms with E-state index in [0.717, 1.165) is 24.2 Å². The van der Waals surface area contributed by atoms with Crippen LogP contribution in [0.3, 0.4) is 0 Å². The van der Waals surface area contributed by atoms with E-state index < -0.39 is 0 Å².